The summed E-state index contributed by atoms with van der Waals surface area (Å²) in [5.74, 6) is -3.58. The Bertz CT molecular complexity index is 329. The molecule has 6 nitrogen and oxygen atoms in total. The third kappa shape index (κ3) is 2.00. The van der Waals surface area contributed by atoms with Gasteiger partial charge in [-0.05, 0) is 12.3 Å². The molecule has 1 rings (SSSR count). The Balaban J connectivity index is 2.90. The molecule has 1 aliphatic rings. The predicted octanol–water partition coefficient (Wildman–Crippen LogP) is -0.571. The van der Waals surface area contributed by atoms with Crippen molar-refractivity contribution in [3.8, 4) is 0 Å². The number of amides is 2. The topological polar surface area (TPSA) is 101 Å². The lowest BCUT2D eigenvalue weighted by Crippen LogP contribution is -2.46. The highest BCUT2D eigenvalue weighted by atomic mass is 16.4. The molecule has 2 amide bonds. The zero-order chi connectivity index (χ0) is 12.5. The minimum absolute atomic E-state index is 0.275. The van der Waals surface area contributed by atoms with E-state index in [1.165, 1.54) is 4.90 Å². The Morgan fingerprint density at radius 2 is 2.19 bits per heavy atom. The summed E-state index contributed by atoms with van der Waals surface area (Å²) in [5, 5.41) is 8.90. The van der Waals surface area contributed by atoms with Crippen LogP contribution in [0.1, 0.15) is 20.3 Å². The molecule has 0 radical (unpaired) electrons. The zero-order valence-electron chi connectivity index (χ0n) is 9.34. The van der Waals surface area contributed by atoms with Crippen molar-refractivity contribution in [2.45, 2.75) is 26.3 Å². The second kappa shape index (κ2) is 4.51. The van der Waals surface area contributed by atoms with E-state index in [9.17, 15) is 14.4 Å². The summed E-state index contributed by atoms with van der Waals surface area (Å²) in [4.78, 5) is 35.1. The molecule has 16 heavy (non-hydrogen) atoms. The first-order chi connectivity index (χ1) is 7.40. The lowest BCUT2D eigenvalue weighted by molar-refractivity contribution is -0.150. The molecule has 0 bridgehead atoms. The van der Waals surface area contributed by atoms with Crippen molar-refractivity contribution in [3.05, 3.63) is 0 Å². The van der Waals surface area contributed by atoms with Gasteiger partial charge in [0.1, 0.15) is 12.0 Å². The number of carboxylic acid groups (broad SMARTS) is 1. The van der Waals surface area contributed by atoms with E-state index in [1.54, 1.807) is 13.8 Å². The van der Waals surface area contributed by atoms with E-state index in [1.807, 2.05) is 0 Å². The first-order valence-electron chi connectivity index (χ1n) is 5.22. The van der Waals surface area contributed by atoms with Crippen LogP contribution in [0.4, 0.5) is 0 Å². The third-order valence-electron chi connectivity index (χ3n) is 2.96. The van der Waals surface area contributed by atoms with Gasteiger partial charge in [-0.3, -0.25) is 14.4 Å². The maximum Gasteiger partial charge on any atom is 0.316 e. The van der Waals surface area contributed by atoms with Crippen LogP contribution in [0.25, 0.3) is 0 Å². The monoisotopic (exact) mass is 228 g/mol. The predicted molar refractivity (Wildman–Crippen MR) is 55.3 cm³/mol. The molecule has 1 fully saturated rings. The van der Waals surface area contributed by atoms with E-state index in [0.29, 0.717) is 6.42 Å². The van der Waals surface area contributed by atoms with Crippen LogP contribution in [0.3, 0.4) is 0 Å². The largest absolute Gasteiger partial charge is 0.481 e. The summed E-state index contributed by atoms with van der Waals surface area (Å²) in [6, 6.07) is -0.695. The standard InChI is InChI=1S/C10H16N2O4/c1-3-6(8(11)13)12-4-5(2)7(9(12)14)10(15)16/h5-7H,3-4H2,1-2H3,(H2,11,13)(H,15,16)/t5?,6-,7?/m0/s1. The SMILES string of the molecule is CC[C@@H](C(N)=O)N1CC(C)C(C(=O)O)C1=O. The van der Waals surface area contributed by atoms with E-state index in [0.717, 1.165) is 0 Å². The lowest BCUT2D eigenvalue weighted by atomic mass is 9.98. The summed E-state index contributed by atoms with van der Waals surface area (Å²) in [6.45, 7) is 3.70. The van der Waals surface area contributed by atoms with Crippen LogP contribution >= 0.6 is 0 Å². The van der Waals surface area contributed by atoms with Crippen molar-refractivity contribution in [2.75, 3.05) is 6.54 Å². The van der Waals surface area contributed by atoms with Gasteiger partial charge < -0.3 is 15.7 Å². The number of primary amides is 1. The highest BCUT2D eigenvalue weighted by molar-refractivity contribution is 6.00. The number of nitrogens with zero attached hydrogens (tertiary/aromatic N) is 1. The van der Waals surface area contributed by atoms with Crippen molar-refractivity contribution in [1.82, 2.24) is 4.90 Å². The van der Waals surface area contributed by atoms with Crippen molar-refractivity contribution in [1.29, 1.82) is 0 Å². The zero-order valence-corrected chi connectivity index (χ0v) is 9.34. The number of hydrogen-bond donors (Lipinski definition) is 2. The maximum atomic E-state index is 11.8. The third-order valence-corrected chi connectivity index (χ3v) is 2.96. The van der Waals surface area contributed by atoms with Gasteiger partial charge in [-0.15, -0.1) is 0 Å². The Morgan fingerprint density at radius 3 is 2.50 bits per heavy atom. The average Bonchev–Trinajstić information content (AvgIpc) is 2.42. The molecule has 3 atom stereocenters. The molecular formula is C10H16N2O4. The number of carbonyl (C=O) groups excluding carboxylic acids is 2. The highest BCUT2D eigenvalue weighted by Crippen LogP contribution is 2.27. The van der Waals surface area contributed by atoms with Crippen molar-refractivity contribution in [3.63, 3.8) is 0 Å². The molecule has 0 saturated carbocycles. The number of hydrogen-bond acceptors (Lipinski definition) is 3. The molecule has 90 valence electrons. The minimum atomic E-state index is -1.14. The molecule has 1 saturated heterocycles. The molecule has 1 heterocycles. The van der Waals surface area contributed by atoms with Gasteiger partial charge in [0, 0.05) is 6.54 Å². The van der Waals surface area contributed by atoms with Gasteiger partial charge in [0.15, 0.2) is 0 Å². The van der Waals surface area contributed by atoms with Gasteiger partial charge in [0.05, 0.1) is 0 Å². The second-order valence-corrected chi connectivity index (χ2v) is 4.11. The molecule has 3 N–H and O–H groups in total. The van der Waals surface area contributed by atoms with Crippen LogP contribution < -0.4 is 5.73 Å². The second-order valence-electron chi connectivity index (χ2n) is 4.11. The van der Waals surface area contributed by atoms with Crippen LogP contribution in [-0.2, 0) is 14.4 Å². The number of carbonyl (C=O) groups is 3. The summed E-state index contributed by atoms with van der Waals surface area (Å²) in [5.41, 5.74) is 5.18. The smallest absolute Gasteiger partial charge is 0.316 e. The Kier molecular flexibility index (Phi) is 3.51. The summed E-state index contributed by atoms with van der Waals surface area (Å²) < 4.78 is 0. The number of aliphatic carboxylic acids is 1. The number of carboxylic acids is 1. The number of likely N-dealkylation sites (tertiary alicyclic amines) is 1. The van der Waals surface area contributed by atoms with Gasteiger partial charge in [0.2, 0.25) is 11.8 Å². The van der Waals surface area contributed by atoms with Crippen LogP contribution in [0.2, 0.25) is 0 Å². The fourth-order valence-corrected chi connectivity index (χ4v) is 2.13. The number of nitrogens with two attached hydrogens (primary N) is 1. The molecule has 2 unspecified atom stereocenters. The fraction of sp³-hybridized carbons (Fsp3) is 0.700. The first-order valence-corrected chi connectivity index (χ1v) is 5.22. The van der Waals surface area contributed by atoms with E-state index in [4.69, 9.17) is 10.8 Å². The van der Waals surface area contributed by atoms with Crippen molar-refractivity contribution < 1.29 is 19.5 Å². The van der Waals surface area contributed by atoms with E-state index in [2.05, 4.69) is 0 Å². The van der Waals surface area contributed by atoms with E-state index in [-0.39, 0.29) is 12.5 Å². The molecular weight excluding hydrogens is 212 g/mol. The normalized spacial score (nSPS) is 26.9. The van der Waals surface area contributed by atoms with Crippen LogP contribution in [0, 0.1) is 11.8 Å². The van der Waals surface area contributed by atoms with Crippen LogP contribution in [0.15, 0.2) is 0 Å². The highest BCUT2D eigenvalue weighted by Gasteiger charge is 2.45. The van der Waals surface area contributed by atoms with E-state index < -0.39 is 29.7 Å². The van der Waals surface area contributed by atoms with Gasteiger partial charge >= 0.3 is 5.97 Å². The van der Waals surface area contributed by atoms with Crippen LogP contribution in [-0.4, -0.2) is 40.4 Å². The van der Waals surface area contributed by atoms with Gasteiger partial charge in [-0.1, -0.05) is 13.8 Å². The molecule has 6 heteroatoms. The van der Waals surface area contributed by atoms with Gasteiger partial charge in [-0.2, -0.15) is 0 Å². The van der Waals surface area contributed by atoms with Gasteiger partial charge in [-0.25, -0.2) is 0 Å². The van der Waals surface area contributed by atoms with E-state index >= 15 is 0 Å². The molecule has 0 aromatic heterocycles. The summed E-state index contributed by atoms with van der Waals surface area (Å²) in [7, 11) is 0. The van der Waals surface area contributed by atoms with Gasteiger partial charge in [0.25, 0.3) is 0 Å². The maximum absolute atomic E-state index is 11.8. The molecule has 0 aromatic rings. The number of rotatable bonds is 4. The molecule has 0 aliphatic carbocycles. The quantitative estimate of drug-likeness (QED) is 0.629. The lowest BCUT2D eigenvalue weighted by Gasteiger charge is -2.24. The Hall–Kier alpha value is -1.59. The van der Waals surface area contributed by atoms with Crippen LogP contribution in [0.5, 0.6) is 0 Å². The average molecular weight is 228 g/mol. The molecule has 1 aliphatic heterocycles. The Labute approximate surface area is 93.4 Å². The molecule has 0 spiro atoms. The Morgan fingerprint density at radius 1 is 1.62 bits per heavy atom. The summed E-state index contributed by atoms with van der Waals surface area (Å²) >= 11 is 0. The minimum Gasteiger partial charge on any atom is -0.481 e. The van der Waals surface area contributed by atoms with Crippen molar-refractivity contribution in [2.24, 2.45) is 17.6 Å². The summed E-state index contributed by atoms with van der Waals surface area (Å²) in [6.07, 6.45) is 0.403. The van der Waals surface area contributed by atoms with Crippen molar-refractivity contribution >= 4 is 17.8 Å². The fourth-order valence-electron chi connectivity index (χ4n) is 2.13. The first kappa shape index (κ1) is 12.5. The molecule has 0 aromatic carbocycles.